The molecule has 0 radical (unpaired) electrons. The third-order valence-electron chi connectivity index (χ3n) is 4.73. The Bertz CT molecular complexity index is 700. The average Bonchev–Trinajstić information content (AvgIpc) is 3.18. The molecule has 0 spiro atoms. The van der Waals surface area contributed by atoms with E-state index in [0.717, 1.165) is 0 Å². The van der Waals surface area contributed by atoms with E-state index in [1.165, 1.54) is 12.0 Å². The Balaban J connectivity index is 1.80. The van der Waals surface area contributed by atoms with Crippen LogP contribution >= 0.6 is 0 Å². The van der Waals surface area contributed by atoms with Crippen molar-refractivity contribution in [3.8, 4) is 5.75 Å². The van der Waals surface area contributed by atoms with Crippen molar-refractivity contribution in [2.45, 2.75) is 11.7 Å². The van der Waals surface area contributed by atoms with E-state index in [4.69, 9.17) is 9.47 Å². The highest BCUT2D eigenvalue weighted by Gasteiger charge is 2.67. The van der Waals surface area contributed by atoms with E-state index in [0.29, 0.717) is 11.4 Å². The molecule has 2 saturated heterocycles. The van der Waals surface area contributed by atoms with E-state index in [2.05, 4.69) is 0 Å². The molecule has 6 nitrogen and oxygen atoms in total. The summed E-state index contributed by atoms with van der Waals surface area (Å²) in [6.45, 7) is -0.319. The molecular formula is C16H15NO5. The highest BCUT2D eigenvalue weighted by Crippen LogP contribution is 2.52. The summed E-state index contributed by atoms with van der Waals surface area (Å²) in [5.74, 6) is -1.44. The maximum Gasteiger partial charge on any atom is 0.241 e. The number of nitrogens with zero attached hydrogens (tertiary/aromatic N) is 1. The zero-order valence-electron chi connectivity index (χ0n) is 11.9. The quantitative estimate of drug-likeness (QED) is 0.650. The van der Waals surface area contributed by atoms with Crippen LogP contribution in [0.15, 0.2) is 36.4 Å². The number of hydrogen-bond acceptors (Lipinski definition) is 5. The molecule has 4 rings (SSSR count). The Labute approximate surface area is 126 Å². The number of carbonyl (C=O) groups excluding carboxylic acids is 2. The molecule has 4 atom stereocenters. The SMILES string of the molecule is COc1ccccc1N1C(=O)[C@H]2[C@@H]3C=C[C@@](CO)(O3)[C@@H]2C1=O. The van der Waals surface area contributed by atoms with Gasteiger partial charge in [0.15, 0.2) is 0 Å². The lowest BCUT2D eigenvalue weighted by Crippen LogP contribution is -2.43. The molecule has 1 N–H and O–H groups in total. The second-order valence-corrected chi connectivity index (χ2v) is 5.74. The minimum absolute atomic E-state index is 0.302. The zero-order chi connectivity index (χ0) is 15.5. The molecule has 3 heterocycles. The number of para-hydroxylation sites is 2. The van der Waals surface area contributed by atoms with Gasteiger partial charge in [-0.15, -0.1) is 0 Å². The molecular weight excluding hydrogens is 286 g/mol. The van der Waals surface area contributed by atoms with Gasteiger partial charge >= 0.3 is 0 Å². The van der Waals surface area contributed by atoms with E-state index < -0.39 is 23.5 Å². The summed E-state index contributed by atoms with van der Waals surface area (Å²) in [5.41, 5.74) is -0.638. The Morgan fingerprint density at radius 3 is 2.82 bits per heavy atom. The molecule has 0 saturated carbocycles. The Kier molecular flexibility index (Phi) is 2.70. The highest BCUT2D eigenvalue weighted by atomic mass is 16.5. The van der Waals surface area contributed by atoms with E-state index in [9.17, 15) is 14.7 Å². The first-order valence-corrected chi connectivity index (χ1v) is 7.12. The van der Waals surface area contributed by atoms with Crippen LogP contribution in [-0.2, 0) is 14.3 Å². The molecule has 6 heteroatoms. The van der Waals surface area contributed by atoms with Crippen molar-refractivity contribution in [3.63, 3.8) is 0 Å². The molecule has 22 heavy (non-hydrogen) atoms. The van der Waals surface area contributed by atoms with Crippen LogP contribution in [0.4, 0.5) is 5.69 Å². The van der Waals surface area contributed by atoms with Gasteiger partial charge in [-0.1, -0.05) is 24.3 Å². The first-order valence-electron chi connectivity index (χ1n) is 7.12. The highest BCUT2D eigenvalue weighted by molar-refractivity contribution is 6.24. The van der Waals surface area contributed by atoms with Gasteiger partial charge in [-0.3, -0.25) is 9.59 Å². The molecule has 2 fully saturated rings. The summed E-state index contributed by atoms with van der Waals surface area (Å²) < 4.78 is 11.0. The number of amides is 2. The van der Waals surface area contributed by atoms with Gasteiger partial charge in [0, 0.05) is 0 Å². The summed E-state index contributed by atoms with van der Waals surface area (Å²) in [6, 6.07) is 6.90. The maximum atomic E-state index is 12.8. The number of fused-ring (bicyclic) bond motifs is 5. The van der Waals surface area contributed by atoms with Gasteiger partial charge < -0.3 is 14.6 Å². The van der Waals surface area contributed by atoms with Crippen molar-refractivity contribution in [1.82, 2.24) is 0 Å². The maximum absolute atomic E-state index is 12.8. The summed E-state index contributed by atoms with van der Waals surface area (Å²) in [5, 5.41) is 9.67. The van der Waals surface area contributed by atoms with Crippen molar-refractivity contribution in [2.75, 3.05) is 18.6 Å². The van der Waals surface area contributed by atoms with Gasteiger partial charge in [0.1, 0.15) is 11.4 Å². The molecule has 0 unspecified atom stereocenters. The van der Waals surface area contributed by atoms with Crippen LogP contribution in [0.3, 0.4) is 0 Å². The van der Waals surface area contributed by atoms with Gasteiger partial charge in [-0.05, 0) is 12.1 Å². The summed E-state index contributed by atoms with van der Waals surface area (Å²) in [6.07, 6.45) is 3.01. The number of aliphatic hydroxyl groups is 1. The molecule has 1 aromatic carbocycles. The number of ether oxygens (including phenoxy) is 2. The molecule has 2 amide bonds. The third kappa shape index (κ3) is 1.46. The monoisotopic (exact) mass is 301 g/mol. The fraction of sp³-hybridized carbons (Fsp3) is 0.375. The Morgan fingerprint density at radius 1 is 1.32 bits per heavy atom. The van der Waals surface area contributed by atoms with Gasteiger partial charge in [0.25, 0.3) is 0 Å². The molecule has 114 valence electrons. The number of carbonyl (C=O) groups is 2. The van der Waals surface area contributed by atoms with E-state index in [-0.39, 0.29) is 18.4 Å². The van der Waals surface area contributed by atoms with Gasteiger partial charge in [0.2, 0.25) is 11.8 Å². The van der Waals surface area contributed by atoms with E-state index >= 15 is 0 Å². The van der Waals surface area contributed by atoms with Crippen LogP contribution in [0.25, 0.3) is 0 Å². The number of aliphatic hydroxyl groups excluding tert-OH is 1. The van der Waals surface area contributed by atoms with Crippen LogP contribution in [0.1, 0.15) is 0 Å². The van der Waals surface area contributed by atoms with Crippen LogP contribution in [0.5, 0.6) is 5.75 Å². The summed E-state index contributed by atoms with van der Waals surface area (Å²) >= 11 is 0. The standard InChI is InChI=1S/C16H15NO5/c1-21-10-5-3-2-4-9(10)17-14(19)12-11-6-7-16(8-18,22-11)13(12)15(17)20/h2-7,11-13,18H,8H2,1H3/t11-,12-,13-,16-/m0/s1. The largest absolute Gasteiger partial charge is 0.495 e. The second kappa shape index (κ2) is 4.41. The van der Waals surface area contributed by atoms with E-state index in [1.54, 1.807) is 36.4 Å². The molecule has 2 bridgehead atoms. The van der Waals surface area contributed by atoms with E-state index in [1.807, 2.05) is 0 Å². The Hall–Kier alpha value is -2.18. The normalized spacial score (nSPS) is 35.4. The smallest absolute Gasteiger partial charge is 0.241 e. The number of imide groups is 1. The fourth-order valence-corrected chi connectivity index (χ4v) is 3.74. The molecule has 1 aromatic rings. The number of anilines is 1. The van der Waals surface area contributed by atoms with Crippen molar-refractivity contribution < 1.29 is 24.2 Å². The van der Waals surface area contributed by atoms with Crippen molar-refractivity contribution in [1.29, 1.82) is 0 Å². The first-order chi connectivity index (χ1) is 10.6. The van der Waals surface area contributed by atoms with Crippen LogP contribution in [0, 0.1) is 11.8 Å². The minimum atomic E-state index is -1.07. The predicted molar refractivity (Wildman–Crippen MR) is 76.3 cm³/mol. The number of hydrogen-bond donors (Lipinski definition) is 1. The minimum Gasteiger partial charge on any atom is -0.495 e. The van der Waals surface area contributed by atoms with Crippen LogP contribution in [-0.4, -0.2) is 42.3 Å². The lowest BCUT2D eigenvalue weighted by Gasteiger charge is -2.26. The molecule has 0 aromatic heterocycles. The number of benzene rings is 1. The fourth-order valence-electron chi connectivity index (χ4n) is 3.74. The number of methoxy groups -OCH3 is 1. The lowest BCUT2D eigenvalue weighted by molar-refractivity contribution is -0.128. The van der Waals surface area contributed by atoms with Crippen LogP contribution < -0.4 is 9.64 Å². The van der Waals surface area contributed by atoms with Gasteiger partial charge in [0.05, 0.1) is 37.3 Å². The Morgan fingerprint density at radius 2 is 2.09 bits per heavy atom. The third-order valence-corrected chi connectivity index (χ3v) is 4.73. The van der Waals surface area contributed by atoms with Gasteiger partial charge in [-0.25, -0.2) is 4.90 Å². The summed E-state index contributed by atoms with van der Waals surface area (Å²) in [7, 11) is 1.49. The molecule has 0 aliphatic carbocycles. The van der Waals surface area contributed by atoms with Crippen molar-refractivity contribution in [2.24, 2.45) is 11.8 Å². The van der Waals surface area contributed by atoms with Gasteiger partial charge in [-0.2, -0.15) is 0 Å². The van der Waals surface area contributed by atoms with Crippen molar-refractivity contribution >= 4 is 17.5 Å². The molecule has 3 aliphatic rings. The number of rotatable bonds is 3. The average molecular weight is 301 g/mol. The summed E-state index contributed by atoms with van der Waals surface area (Å²) in [4.78, 5) is 26.8. The first kappa shape index (κ1) is 13.5. The van der Waals surface area contributed by atoms with Crippen LogP contribution in [0.2, 0.25) is 0 Å². The lowest BCUT2D eigenvalue weighted by atomic mass is 9.77. The molecule has 3 aliphatic heterocycles. The second-order valence-electron chi connectivity index (χ2n) is 5.74. The topological polar surface area (TPSA) is 76.1 Å². The zero-order valence-corrected chi connectivity index (χ0v) is 11.9. The van der Waals surface area contributed by atoms with Crippen molar-refractivity contribution in [3.05, 3.63) is 36.4 Å². The predicted octanol–water partition coefficient (Wildman–Crippen LogP) is 0.500.